The predicted octanol–water partition coefficient (Wildman–Crippen LogP) is 2.66. The molecule has 0 radical (unpaired) electrons. The Morgan fingerprint density at radius 1 is 1.15 bits per heavy atom. The lowest BCUT2D eigenvalue weighted by molar-refractivity contribution is -0.143. The molecule has 0 heterocycles. The van der Waals surface area contributed by atoms with Gasteiger partial charge in [-0.3, -0.25) is 4.79 Å². The van der Waals surface area contributed by atoms with Crippen LogP contribution in [0.5, 0.6) is 0 Å². The molecule has 0 aromatic heterocycles. The zero-order valence-electron chi connectivity index (χ0n) is 11.6. The van der Waals surface area contributed by atoms with Gasteiger partial charge in [-0.05, 0) is 50.7 Å². The van der Waals surface area contributed by atoms with Crippen molar-refractivity contribution in [3.63, 3.8) is 0 Å². The maximum absolute atomic E-state index is 12.3. The number of aryl methyl sites for hydroxylation is 1. The Hall–Kier alpha value is -1.36. The van der Waals surface area contributed by atoms with E-state index in [1.807, 2.05) is 6.92 Å². The van der Waals surface area contributed by atoms with E-state index in [1.54, 1.807) is 24.3 Å². The largest absolute Gasteiger partial charge is 0.481 e. The molecule has 4 nitrogen and oxygen atoms in total. The maximum atomic E-state index is 12.3. The molecule has 1 aliphatic carbocycles. The van der Waals surface area contributed by atoms with E-state index in [0.29, 0.717) is 30.6 Å². The first-order chi connectivity index (χ1) is 9.38. The minimum atomic E-state index is -3.26. The molecule has 0 atom stereocenters. The molecule has 1 N–H and O–H groups in total. The third-order valence-corrected chi connectivity index (χ3v) is 5.93. The Morgan fingerprint density at radius 2 is 1.70 bits per heavy atom. The number of benzene rings is 1. The van der Waals surface area contributed by atoms with Gasteiger partial charge in [0.2, 0.25) is 0 Å². The van der Waals surface area contributed by atoms with E-state index < -0.39 is 15.8 Å². The van der Waals surface area contributed by atoms with Crippen molar-refractivity contribution in [2.45, 2.75) is 37.5 Å². The number of carboxylic acids is 1. The van der Waals surface area contributed by atoms with Gasteiger partial charge in [0, 0.05) is 0 Å². The highest BCUT2D eigenvalue weighted by atomic mass is 32.2. The molecule has 20 heavy (non-hydrogen) atoms. The summed E-state index contributed by atoms with van der Waals surface area (Å²) in [6.07, 6.45) is 2.54. The zero-order chi connectivity index (χ0) is 14.8. The smallest absolute Gasteiger partial charge is 0.306 e. The predicted molar refractivity (Wildman–Crippen MR) is 76.3 cm³/mol. The third-order valence-electron chi connectivity index (χ3n) is 4.03. The van der Waals surface area contributed by atoms with Gasteiger partial charge in [-0.2, -0.15) is 0 Å². The fraction of sp³-hybridized carbons (Fsp3) is 0.533. The van der Waals surface area contributed by atoms with E-state index in [2.05, 4.69) is 0 Å². The monoisotopic (exact) mass is 296 g/mol. The van der Waals surface area contributed by atoms with Crippen LogP contribution < -0.4 is 0 Å². The molecule has 0 saturated heterocycles. The van der Waals surface area contributed by atoms with Crippen LogP contribution in [0.3, 0.4) is 0 Å². The van der Waals surface area contributed by atoms with Crippen LogP contribution in [0.25, 0.3) is 0 Å². The van der Waals surface area contributed by atoms with Gasteiger partial charge in [0.15, 0.2) is 9.84 Å². The number of carbonyl (C=O) groups is 1. The third kappa shape index (κ3) is 3.60. The van der Waals surface area contributed by atoms with E-state index in [1.165, 1.54) is 0 Å². The first-order valence-corrected chi connectivity index (χ1v) is 8.56. The average Bonchev–Trinajstić information content (AvgIpc) is 2.39. The lowest BCUT2D eigenvalue weighted by Gasteiger charge is -2.25. The molecule has 1 fully saturated rings. The van der Waals surface area contributed by atoms with Crippen molar-refractivity contribution in [2.75, 3.05) is 5.75 Å². The minimum Gasteiger partial charge on any atom is -0.481 e. The fourth-order valence-electron chi connectivity index (χ4n) is 2.73. The highest BCUT2D eigenvalue weighted by molar-refractivity contribution is 7.91. The van der Waals surface area contributed by atoms with Crippen LogP contribution >= 0.6 is 0 Å². The second kappa shape index (κ2) is 5.95. The summed E-state index contributed by atoms with van der Waals surface area (Å²) in [6.45, 7) is 1.92. The van der Waals surface area contributed by atoms with Gasteiger partial charge in [0.1, 0.15) is 0 Å². The quantitative estimate of drug-likeness (QED) is 0.927. The van der Waals surface area contributed by atoms with Crippen LogP contribution in [-0.2, 0) is 14.6 Å². The van der Waals surface area contributed by atoms with Crippen LogP contribution in [0.4, 0.5) is 0 Å². The molecule has 0 spiro atoms. The summed E-state index contributed by atoms with van der Waals surface area (Å²) in [4.78, 5) is 11.2. The summed E-state index contributed by atoms with van der Waals surface area (Å²) in [5, 5.41) is 8.94. The lowest BCUT2D eigenvalue weighted by Crippen LogP contribution is -2.25. The molecule has 1 saturated carbocycles. The van der Waals surface area contributed by atoms with E-state index >= 15 is 0 Å². The minimum absolute atomic E-state index is 0.0805. The Kier molecular flexibility index (Phi) is 4.48. The maximum Gasteiger partial charge on any atom is 0.306 e. The SMILES string of the molecule is Cc1ccc(S(=O)(=O)CC2CCC(C(=O)O)CC2)cc1. The first kappa shape index (κ1) is 15.0. The normalized spacial score (nSPS) is 23.4. The molecule has 2 rings (SSSR count). The topological polar surface area (TPSA) is 71.4 Å². The average molecular weight is 296 g/mol. The number of carboxylic acid groups (broad SMARTS) is 1. The Labute approximate surface area is 119 Å². The molecule has 5 heteroatoms. The van der Waals surface area contributed by atoms with Crippen molar-refractivity contribution >= 4 is 15.8 Å². The van der Waals surface area contributed by atoms with Gasteiger partial charge in [-0.15, -0.1) is 0 Å². The van der Waals surface area contributed by atoms with Crippen molar-refractivity contribution in [3.8, 4) is 0 Å². The molecule has 0 aliphatic heterocycles. The van der Waals surface area contributed by atoms with E-state index in [9.17, 15) is 13.2 Å². The van der Waals surface area contributed by atoms with Gasteiger partial charge in [-0.1, -0.05) is 17.7 Å². The summed E-state index contributed by atoms with van der Waals surface area (Å²) >= 11 is 0. The highest BCUT2D eigenvalue weighted by Crippen LogP contribution is 2.31. The molecule has 0 amide bonds. The second-order valence-corrected chi connectivity index (χ2v) is 7.68. The summed E-state index contributed by atoms with van der Waals surface area (Å²) in [5.74, 6) is -0.849. The Bertz CT molecular complexity index is 566. The molecular weight excluding hydrogens is 276 g/mol. The summed E-state index contributed by atoms with van der Waals surface area (Å²) in [5.41, 5.74) is 1.03. The lowest BCUT2D eigenvalue weighted by atomic mass is 9.83. The summed E-state index contributed by atoms with van der Waals surface area (Å²) in [7, 11) is -3.26. The molecule has 0 bridgehead atoms. The van der Waals surface area contributed by atoms with E-state index in [0.717, 1.165) is 5.56 Å². The Balaban J connectivity index is 2.00. The number of hydrogen-bond acceptors (Lipinski definition) is 3. The number of rotatable bonds is 4. The van der Waals surface area contributed by atoms with Gasteiger partial charge in [0.25, 0.3) is 0 Å². The molecule has 110 valence electrons. The van der Waals surface area contributed by atoms with Crippen LogP contribution in [0, 0.1) is 18.8 Å². The first-order valence-electron chi connectivity index (χ1n) is 6.91. The highest BCUT2D eigenvalue weighted by Gasteiger charge is 2.29. The molecular formula is C15H20O4S. The fourth-order valence-corrected chi connectivity index (χ4v) is 4.43. The van der Waals surface area contributed by atoms with Crippen molar-refractivity contribution in [1.82, 2.24) is 0 Å². The molecule has 1 aromatic rings. The molecule has 1 aromatic carbocycles. The van der Waals surface area contributed by atoms with Crippen LogP contribution in [0.1, 0.15) is 31.2 Å². The second-order valence-electron chi connectivity index (χ2n) is 5.65. The van der Waals surface area contributed by atoms with Crippen LogP contribution in [0.2, 0.25) is 0 Å². The summed E-state index contributed by atoms with van der Waals surface area (Å²) < 4.78 is 24.6. The van der Waals surface area contributed by atoms with Crippen LogP contribution in [-0.4, -0.2) is 25.2 Å². The van der Waals surface area contributed by atoms with Gasteiger partial charge < -0.3 is 5.11 Å². The number of aliphatic carboxylic acids is 1. The van der Waals surface area contributed by atoms with Crippen molar-refractivity contribution < 1.29 is 18.3 Å². The Morgan fingerprint density at radius 3 is 2.20 bits per heavy atom. The standard InChI is InChI=1S/C15H20O4S/c1-11-2-8-14(9-3-11)20(18,19)10-12-4-6-13(7-5-12)15(16)17/h2-3,8-9,12-13H,4-7,10H2,1H3,(H,16,17). The van der Waals surface area contributed by atoms with Crippen molar-refractivity contribution in [1.29, 1.82) is 0 Å². The number of sulfone groups is 1. The van der Waals surface area contributed by atoms with Crippen molar-refractivity contribution in [3.05, 3.63) is 29.8 Å². The van der Waals surface area contributed by atoms with Gasteiger partial charge in [0.05, 0.1) is 16.6 Å². The van der Waals surface area contributed by atoms with Crippen LogP contribution in [0.15, 0.2) is 29.2 Å². The summed E-state index contributed by atoms with van der Waals surface area (Å²) in [6, 6.07) is 6.89. The van der Waals surface area contributed by atoms with Gasteiger partial charge >= 0.3 is 5.97 Å². The number of hydrogen-bond donors (Lipinski definition) is 1. The zero-order valence-corrected chi connectivity index (χ0v) is 12.4. The molecule has 1 aliphatic rings. The molecule has 0 unspecified atom stereocenters. The van der Waals surface area contributed by atoms with E-state index in [4.69, 9.17) is 5.11 Å². The van der Waals surface area contributed by atoms with Crippen molar-refractivity contribution in [2.24, 2.45) is 11.8 Å². The van der Waals surface area contributed by atoms with E-state index in [-0.39, 0.29) is 17.6 Å². The van der Waals surface area contributed by atoms with Gasteiger partial charge in [-0.25, -0.2) is 8.42 Å².